The van der Waals surface area contributed by atoms with Gasteiger partial charge in [0.15, 0.2) is 5.78 Å². The summed E-state index contributed by atoms with van der Waals surface area (Å²) in [5.41, 5.74) is 0.550. The first-order valence-electron chi connectivity index (χ1n) is 4.67. The van der Waals surface area contributed by atoms with Gasteiger partial charge in [0.25, 0.3) is 0 Å². The van der Waals surface area contributed by atoms with E-state index in [1.54, 1.807) is 30.0 Å². The lowest BCUT2D eigenvalue weighted by Gasteiger charge is -2.10. The number of carbonyl (C=O) groups excluding carboxylic acids is 1. The van der Waals surface area contributed by atoms with Gasteiger partial charge in [-0.15, -0.1) is 0 Å². The minimum atomic E-state index is -0.0614. The fourth-order valence-corrected chi connectivity index (χ4v) is 2.51. The predicted molar refractivity (Wildman–Crippen MR) is 68.4 cm³/mol. The van der Waals surface area contributed by atoms with Crippen molar-refractivity contribution in [1.29, 1.82) is 0 Å². The summed E-state index contributed by atoms with van der Waals surface area (Å²) in [6, 6.07) is 4.96. The Hall–Kier alpha value is -0.180. The molecule has 0 amide bonds. The fourth-order valence-electron chi connectivity index (χ4n) is 1.23. The number of thioether (sulfide) groups is 1. The van der Waals surface area contributed by atoms with Crippen molar-refractivity contribution in [2.45, 2.75) is 19.1 Å². The van der Waals surface area contributed by atoms with E-state index in [9.17, 15) is 4.79 Å². The van der Waals surface area contributed by atoms with E-state index in [0.29, 0.717) is 15.6 Å². The molecular weight excluding hydrogens is 251 g/mol. The highest BCUT2D eigenvalue weighted by Gasteiger charge is 2.17. The lowest BCUT2D eigenvalue weighted by atomic mass is 10.1. The summed E-state index contributed by atoms with van der Waals surface area (Å²) in [5.74, 6) is 0.974. The molecule has 1 unspecified atom stereocenters. The zero-order valence-electron chi connectivity index (χ0n) is 8.59. The topological polar surface area (TPSA) is 17.1 Å². The summed E-state index contributed by atoms with van der Waals surface area (Å²) in [6.07, 6.45) is 0. The maximum Gasteiger partial charge on any atom is 0.177 e. The van der Waals surface area contributed by atoms with Gasteiger partial charge in [-0.05, 0) is 30.9 Å². The minimum Gasteiger partial charge on any atom is -0.293 e. The highest BCUT2D eigenvalue weighted by Crippen LogP contribution is 2.24. The molecule has 0 heterocycles. The summed E-state index contributed by atoms with van der Waals surface area (Å²) in [7, 11) is 0. The lowest BCUT2D eigenvalue weighted by Crippen LogP contribution is -2.14. The highest BCUT2D eigenvalue weighted by molar-refractivity contribution is 8.00. The van der Waals surface area contributed by atoms with Gasteiger partial charge < -0.3 is 0 Å². The molecule has 0 bridgehead atoms. The number of halogens is 2. The van der Waals surface area contributed by atoms with Crippen LogP contribution in [-0.4, -0.2) is 16.8 Å². The molecule has 4 heteroatoms. The molecule has 0 spiro atoms. The molecule has 82 valence electrons. The minimum absolute atomic E-state index is 0.0588. The van der Waals surface area contributed by atoms with Gasteiger partial charge in [0.1, 0.15) is 0 Å². The number of ketones is 1. The van der Waals surface area contributed by atoms with Crippen LogP contribution in [0.3, 0.4) is 0 Å². The normalized spacial score (nSPS) is 12.5. The number of carbonyl (C=O) groups is 1. The van der Waals surface area contributed by atoms with E-state index in [1.165, 1.54) is 0 Å². The second kappa shape index (κ2) is 5.78. The third kappa shape index (κ3) is 3.40. The molecule has 1 nitrogen and oxygen atoms in total. The molecule has 0 saturated heterocycles. The molecule has 0 aromatic heterocycles. The molecule has 1 rings (SSSR count). The Morgan fingerprint density at radius 2 is 2.13 bits per heavy atom. The summed E-state index contributed by atoms with van der Waals surface area (Å²) in [6.45, 7) is 3.92. The number of hydrogen-bond acceptors (Lipinski definition) is 2. The van der Waals surface area contributed by atoms with E-state index in [0.717, 1.165) is 5.75 Å². The van der Waals surface area contributed by atoms with Crippen molar-refractivity contribution >= 4 is 40.7 Å². The Bertz CT molecular complexity index is 366. The number of Topliss-reactive ketones (excluding diaryl/α,β-unsaturated/α-hetero) is 1. The van der Waals surface area contributed by atoms with Gasteiger partial charge >= 0.3 is 0 Å². The fraction of sp³-hybridized carbons (Fsp3) is 0.364. The van der Waals surface area contributed by atoms with Crippen LogP contribution >= 0.6 is 35.0 Å². The van der Waals surface area contributed by atoms with E-state index < -0.39 is 0 Å². The van der Waals surface area contributed by atoms with E-state index in [1.807, 2.05) is 13.8 Å². The molecule has 0 radical (unpaired) electrons. The van der Waals surface area contributed by atoms with E-state index in [4.69, 9.17) is 23.2 Å². The largest absolute Gasteiger partial charge is 0.293 e. The van der Waals surface area contributed by atoms with Gasteiger partial charge in [0, 0.05) is 10.6 Å². The number of rotatable bonds is 4. The summed E-state index contributed by atoms with van der Waals surface area (Å²) in [5, 5.41) is 0.914. The van der Waals surface area contributed by atoms with Crippen molar-refractivity contribution in [2.75, 3.05) is 5.75 Å². The van der Waals surface area contributed by atoms with Crippen LogP contribution in [0, 0.1) is 0 Å². The Balaban J connectivity index is 2.91. The van der Waals surface area contributed by atoms with Crippen molar-refractivity contribution in [3.05, 3.63) is 33.8 Å². The molecule has 1 aromatic carbocycles. The maximum absolute atomic E-state index is 11.9. The average Bonchev–Trinajstić information content (AvgIpc) is 2.17. The molecule has 1 atom stereocenters. The Morgan fingerprint density at radius 3 is 2.67 bits per heavy atom. The second-order valence-electron chi connectivity index (χ2n) is 3.09. The van der Waals surface area contributed by atoms with Gasteiger partial charge in [-0.1, -0.05) is 30.1 Å². The molecule has 0 aliphatic heterocycles. The van der Waals surface area contributed by atoms with Gasteiger partial charge in [0.05, 0.1) is 10.3 Å². The van der Waals surface area contributed by atoms with E-state index in [2.05, 4.69) is 0 Å². The third-order valence-electron chi connectivity index (χ3n) is 1.98. The van der Waals surface area contributed by atoms with E-state index in [-0.39, 0.29) is 11.0 Å². The van der Waals surface area contributed by atoms with E-state index >= 15 is 0 Å². The molecule has 0 aliphatic carbocycles. The van der Waals surface area contributed by atoms with Crippen LogP contribution in [0.4, 0.5) is 0 Å². The molecule has 0 N–H and O–H groups in total. The SMILES string of the molecule is CCSC(C)C(=O)c1ccc(Cl)cc1Cl. The Kier molecular flexibility index (Phi) is 4.97. The second-order valence-corrected chi connectivity index (χ2v) is 5.55. The predicted octanol–water partition coefficient (Wildman–Crippen LogP) is 4.32. The van der Waals surface area contributed by atoms with Crippen LogP contribution in [0.5, 0.6) is 0 Å². The molecule has 1 aromatic rings. The van der Waals surface area contributed by atoms with Gasteiger partial charge in [-0.2, -0.15) is 11.8 Å². The number of hydrogen-bond donors (Lipinski definition) is 0. The standard InChI is InChI=1S/C11H12Cl2OS/c1-3-15-7(2)11(14)9-5-4-8(12)6-10(9)13/h4-7H,3H2,1-2H3. The van der Waals surface area contributed by atoms with Crippen LogP contribution in [0.15, 0.2) is 18.2 Å². The Morgan fingerprint density at radius 1 is 1.47 bits per heavy atom. The summed E-state index contributed by atoms with van der Waals surface area (Å²) < 4.78 is 0. The van der Waals surface area contributed by atoms with Gasteiger partial charge in [0.2, 0.25) is 0 Å². The van der Waals surface area contributed by atoms with Crippen molar-refractivity contribution in [3.63, 3.8) is 0 Å². The first-order chi connectivity index (χ1) is 7.06. The van der Waals surface area contributed by atoms with Crippen LogP contribution in [0.25, 0.3) is 0 Å². The molecular formula is C11H12Cl2OS. The monoisotopic (exact) mass is 262 g/mol. The van der Waals surface area contributed by atoms with Crippen molar-refractivity contribution in [1.82, 2.24) is 0 Å². The first-order valence-corrected chi connectivity index (χ1v) is 6.47. The van der Waals surface area contributed by atoms with Crippen molar-refractivity contribution in [2.24, 2.45) is 0 Å². The van der Waals surface area contributed by atoms with Crippen LogP contribution in [0.1, 0.15) is 24.2 Å². The lowest BCUT2D eigenvalue weighted by molar-refractivity contribution is 0.0994. The number of benzene rings is 1. The Labute approximate surface area is 104 Å². The zero-order valence-corrected chi connectivity index (χ0v) is 10.9. The summed E-state index contributed by atoms with van der Waals surface area (Å²) in [4.78, 5) is 11.9. The summed E-state index contributed by atoms with van der Waals surface area (Å²) >= 11 is 13.3. The van der Waals surface area contributed by atoms with Crippen LogP contribution in [0.2, 0.25) is 10.0 Å². The van der Waals surface area contributed by atoms with Crippen molar-refractivity contribution < 1.29 is 4.79 Å². The zero-order chi connectivity index (χ0) is 11.4. The quantitative estimate of drug-likeness (QED) is 0.752. The molecule has 0 aliphatic rings. The maximum atomic E-state index is 11.9. The first kappa shape index (κ1) is 12.9. The van der Waals surface area contributed by atoms with Crippen LogP contribution < -0.4 is 0 Å². The molecule has 15 heavy (non-hydrogen) atoms. The van der Waals surface area contributed by atoms with Crippen LogP contribution in [-0.2, 0) is 0 Å². The molecule has 0 fully saturated rings. The smallest absolute Gasteiger partial charge is 0.177 e. The highest BCUT2D eigenvalue weighted by atomic mass is 35.5. The third-order valence-corrected chi connectivity index (χ3v) is 3.58. The molecule has 0 saturated carbocycles. The van der Waals surface area contributed by atoms with Gasteiger partial charge in [-0.3, -0.25) is 4.79 Å². The average molecular weight is 263 g/mol. The van der Waals surface area contributed by atoms with Crippen molar-refractivity contribution in [3.8, 4) is 0 Å². The van der Waals surface area contributed by atoms with Gasteiger partial charge in [-0.25, -0.2) is 0 Å².